The molecule has 2 rings (SSSR count). The van der Waals surface area contributed by atoms with E-state index in [1.807, 2.05) is 6.07 Å². The summed E-state index contributed by atoms with van der Waals surface area (Å²) >= 11 is 1.68. The Morgan fingerprint density at radius 2 is 2.35 bits per heavy atom. The average molecular weight is 244 g/mol. The molecule has 17 heavy (non-hydrogen) atoms. The highest BCUT2D eigenvalue weighted by Gasteiger charge is 2.04. The first-order valence-electron chi connectivity index (χ1n) is 5.21. The minimum Gasteiger partial charge on any atom is -0.395 e. The fourth-order valence-electron chi connectivity index (χ4n) is 1.47. The molecule has 0 aliphatic heterocycles. The summed E-state index contributed by atoms with van der Waals surface area (Å²) < 4.78 is 0. The minimum absolute atomic E-state index is 0.417. The SMILES string of the molecule is N#Cc1ccnc(NCCc2ccsc2)c1N. The second-order valence-corrected chi connectivity index (χ2v) is 4.32. The Hall–Kier alpha value is -2.06. The number of nitriles is 1. The zero-order chi connectivity index (χ0) is 12.1. The van der Waals surface area contributed by atoms with Gasteiger partial charge in [0.15, 0.2) is 5.82 Å². The fourth-order valence-corrected chi connectivity index (χ4v) is 2.17. The van der Waals surface area contributed by atoms with E-state index in [0.29, 0.717) is 17.1 Å². The molecule has 0 saturated heterocycles. The van der Waals surface area contributed by atoms with Crippen molar-refractivity contribution in [2.24, 2.45) is 0 Å². The Kier molecular flexibility index (Phi) is 3.58. The van der Waals surface area contributed by atoms with Gasteiger partial charge in [0.2, 0.25) is 0 Å². The first-order valence-corrected chi connectivity index (χ1v) is 6.15. The molecule has 5 heteroatoms. The van der Waals surface area contributed by atoms with Crippen LogP contribution in [0.25, 0.3) is 0 Å². The number of nitrogens with zero attached hydrogens (tertiary/aromatic N) is 2. The molecule has 0 aliphatic carbocycles. The highest BCUT2D eigenvalue weighted by atomic mass is 32.1. The zero-order valence-electron chi connectivity index (χ0n) is 9.18. The Morgan fingerprint density at radius 1 is 1.47 bits per heavy atom. The van der Waals surface area contributed by atoms with Crippen LogP contribution in [0.5, 0.6) is 0 Å². The number of hydrogen-bond donors (Lipinski definition) is 2. The number of nitrogens with one attached hydrogen (secondary N) is 1. The second kappa shape index (κ2) is 5.32. The lowest BCUT2D eigenvalue weighted by Crippen LogP contribution is -2.08. The van der Waals surface area contributed by atoms with Gasteiger partial charge in [0, 0.05) is 12.7 Å². The molecule has 0 unspecified atom stereocenters. The molecule has 0 radical (unpaired) electrons. The van der Waals surface area contributed by atoms with Gasteiger partial charge in [-0.05, 0) is 34.9 Å². The van der Waals surface area contributed by atoms with Crippen molar-refractivity contribution in [3.63, 3.8) is 0 Å². The monoisotopic (exact) mass is 244 g/mol. The molecular formula is C12H12N4S. The van der Waals surface area contributed by atoms with Gasteiger partial charge < -0.3 is 11.1 Å². The molecule has 2 aromatic heterocycles. The molecule has 0 amide bonds. The maximum Gasteiger partial charge on any atom is 0.150 e. The summed E-state index contributed by atoms with van der Waals surface area (Å²) in [5, 5.41) is 16.1. The maximum atomic E-state index is 8.83. The van der Waals surface area contributed by atoms with E-state index in [1.54, 1.807) is 23.6 Å². The summed E-state index contributed by atoms with van der Waals surface area (Å²) in [6, 6.07) is 5.74. The first-order chi connectivity index (χ1) is 8.31. The number of rotatable bonds is 4. The van der Waals surface area contributed by atoms with Crippen LogP contribution < -0.4 is 11.1 Å². The van der Waals surface area contributed by atoms with Gasteiger partial charge in [-0.15, -0.1) is 0 Å². The standard InChI is InChI=1S/C12H12N4S/c13-7-10-2-5-16-12(11(10)14)15-4-1-9-3-6-17-8-9/h2-3,5-6,8H,1,4,14H2,(H,15,16). The van der Waals surface area contributed by atoms with E-state index in [1.165, 1.54) is 5.56 Å². The molecule has 0 spiro atoms. The van der Waals surface area contributed by atoms with Crippen LogP contribution in [0.3, 0.4) is 0 Å². The lowest BCUT2D eigenvalue weighted by molar-refractivity contribution is 1.01. The van der Waals surface area contributed by atoms with E-state index in [-0.39, 0.29) is 0 Å². The number of pyridine rings is 1. The third kappa shape index (κ3) is 2.74. The summed E-state index contributed by atoms with van der Waals surface area (Å²) in [4.78, 5) is 4.12. The van der Waals surface area contributed by atoms with Gasteiger partial charge in [0.1, 0.15) is 6.07 Å². The number of hydrogen-bond acceptors (Lipinski definition) is 5. The predicted octanol–water partition coefficient (Wildman–Crippen LogP) is 2.25. The Balaban J connectivity index is 1.98. The van der Waals surface area contributed by atoms with Gasteiger partial charge in [0.05, 0.1) is 11.3 Å². The lowest BCUT2D eigenvalue weighted by atomic mass is 10.2. The van der Waals surface area contributed by atoms with Crippen molar-refractivity contribution in [1.29, 1.82) is 5.26 Å². The van der Waals surface area contributed by atoms with Gasteiger partial charge in [-0.25, -0.2) is 4.98 Å². The molecule has 0 atom stereocenters. The van der Waals surface area contributed by atoms with Gasteiger partial charge in [-0.1, -0.05) is 0 Å². The number of thiophene rings is 1. The smallest absolute Gasteiger partial charge is 0.150 e. The van der Waals surface area contributed by atoms with E-state index < -0.39 is 0 Å². The van der Waals surface area contributed by atoms with Crippen molar-refractivity contribution in [3.05, 3.63) is 40.2 Å². The Bertz CT molecular complexity index is 528. The van der Waals surface area contributed by atoms with Crippen LogP contribution in [0.2, 0.25) is 0 Å². The van der Waals surface area contributed by atoms with Crippen molar-refractivity contribution < 1.29 is 0 Å². The molecule has 0 aliphatic rings. The third-order valence-corrected chi connectivity index (χ3v) is 3.13. The Morgan fingerprint density at radius 3 is 3.06 bits per heavy atom. The molecule has 2 heterocycles. The fraction of sp³-hybridized carbons (Fsp3) is 0.167. The molecule has 86 valence electrons. The van der Waals surface area contributed by atoms with Crippen LogP contribution in [-0.4, -0.2) is 11.5 Å². The molecule has 2 aromatic rings. The molecule has 4 nitrogen and oxygen atoms in total. The summed E-state index contributed by atoms with van der Waals surface area (Å²) in [5.41, 5.74) is 7.97. The van der Waals surface area contributed by atoms with E-state index in [4.69, 9.17) is 11.0 Å². The van der Waals surface area contributed by atoms with E-state index in [2.05, 4.69) is 27.1 Å². The van der Waals surface area contributed by atoms with Gasteiger partial charge in [-0.2, -0.15) is 16.6 Å². The van der Waals surface area contributed by atoms with Gasteiger partial charge >= 0.3 is 0 Å². The van der Waals surface area contributed by atoms with Crippen LogP contribution in [0.1, 0.15) is 11.1 Å². The summed E-state index contributed by atoms with van der Waals surface area (Å²) in [5.74, 6) is 0.583. The highest BCUT2D eigenvalue weighted by molar-refractivity contribution is 7.07. The van der Waals surface area contributed by atoms with Crippen molar-refractivity contribution in [2.45, 2.75) is 6.42 Å². The molecule has 0 bridgehead atoms. The number of nitrogens with two attached hydrogens (primary N) is 1. The van der Waals surface area contributed by atoms with Gasteiger partial charge in [-0.3, -0.25) is 0 Å². The summed E-state index contributed by atoms with van der Waals surface area (Å²) in [6.07, 6.45) is 2.50. The predicted molar refractivity (Wildman–Crippen MR) is 69.9 cm³/mol. The molecule has 0 aromatic carbocycles. The Labute approximate surface area is 104 Å². The van der Waals surface area contributed by atoms with Crippen LogP contribution in [0, 0.1) is 11.3 Å². The minimum atomic E-state index is 0.417. The van der Waals surface area contributed by atoms with Crippen LogP contribution in [0.15, 0.2) is 29.1 Å². The summed E-state index contributed by atoms with van der Waals surface area (Å²) in [6.45, 7) is 0.753. The molecular weight excluding hydrogens is 232 g/mol. The normalized spacial score (nSPS) is 9.82. The first kappa shape index (κ1) is 11.4. The van der Waals surface area contributed by atoms with Crippen LogP contribution in [0.4, 0.5) is 11.5 Å². The topological polar surface area (TPSA) is 74.7 Å². The van der Waals surface area contributed by atoms with E-state index >= 15 is 0 Å². The number of anilines is 2. The van der Waals surface area contributed by atoms with Crippen molar-refractivity contribution in [2.75, 3.05) is 17.6 Å². The van der Waals surface area contributed by atoms with E-state index in [9.17, 15) is 0 Å². The molecule has 0 saturated carbocycles. The van der Waals surface area contributed by atoms with Crippen LogP contribution in [-0.2, 0) is 6.42 Å². The quantitative estimate of drug-likeness (QED) is 0.865. The van der Waals surface area contributed by atoms with Crippen molar-refractivity contribution >= 4 is 22.8 Å². The second-order valence-electron chi connectivity index (χ2n) is 3.54. The maximum absolute atomic E-state index is 8.83. The highest BCUT2D eigenvalue weighted by Crippen LogP contribution is 2.18. The molecule has 0 fully saturated rings. The molecule has 3 N–H and O–H groups in total. The van der Waals surface area contributed by atoms with Crippen LogP contribution >= 0.6 is 11.3 Å². The number of nitrogen functional groups attached to an aromatic ring is 1. The average Bonchev–Trinajstić information content (AvgIpc) is 2.84. The van der Waals surface area contributed by atoms with Gasteiger partial charge in [0.25, 0.3) is 0 Å². The largest absolute Gasteiger partial charge is 0.395 e. The van der Waals surface area contributed by atoms with Crippen molar-refractivity contribution in [3.8, 4) is 6.07 Å². The van der Waals surface area contributed by atoms with Crippen molar-refractivity contribution in [1.82, 2.24) is 4.98 Å². The summed E-state index contributed by atoms with van der Waals surface area (Å²) in [7, 11) is 0. The third-order valence-electron chi connectivity index (χ3n) is 2.40. The van der Waals surface area contributed by atoms with E-state index in [0.717, 1.165) is 13.0 Å². The zero-order valence-corrected chi connectivity index (χ0v) is 10.00. The lowest BCUT2D eigenvalue weighted by Gasteiger charge is -2.08. The number of aromatic nitrogens is 1.